The fourth-order valence-electron chi connectivity index (χ4n) is 4.67. The second-order valence-electron chi connectivity index (χ2n) is 7.92. The van der Waals surface area contributed by atoms with Gasteiger partial charge in [-0.3, -0.25) is 0 Å². The van der Waals surface area contributed by atoms with E-state index >= 15 is 0 Å². The van der Waals surface area contributed by atoms with Crippen molar-refractivity contribution in [3.05, 3.63) is 34.5 Å². The molecular weight excluding hydrogens is 404 g/mol. The van der Waals surface area contributed by atoms with Gasteiger partial charge in [0.25, 0.3) is 0 Å². The quantitative estimate of drug-likeness (QED) is 0.577. The van der Waals surface area contributed by atoms with Crippen LogP contribution in [0.3, 0.4) is 0 Å². The zero-order valence-electron chi connectivity index (χ0n) is 16.6. The molecule has 1 aromatic heterocycles. The monoisotopic (exact) mass is 426 g/mol. The summed E-state index contributed by atoms with van der Waals surface area (Å²) in [5, 5.41) is 16.2. The van der Waals surface area contributed by atoms with Gasteiger partial charge in [0, 0.05) is 5.69 Å². The average molecular weight is 427 g/mol. The lowest BCUT2D eigenvalue weighted by Crippen LogP contribution is -2.22. The molecule has 1 aromatic carbocycles. The third kappa shape index (κ3) is 3.01. The molecule has 0 saturated heterocycles. The molecule has 2 amide bonds. The first-order chi connectivity index (χ1) is 14.5. The summed E-state index contributed by atoms with van der Waals surface area (Å²) < 4.78 is 26.8. The normalized spacial score (nSPS) is 20.3. The number of carbonyl (C=O) groups is 1. The molecule has 10 heteroatoms. The van der Waals surface area contributed by atoms with E-state index in [0.717, 1.165) is 55.3 Å². The van der Waals surface area contributed by atoms with Gasteiger partial charge >= 0.3 is 6.03 Å². The average Bonchev–Trinajstić information content (AvgIpc) is 3.44. The zero-order valence-corrected chi connectivity index (χ0v) is 17.4. The number of hydrogen-bond acceptors (Lipinski definition) is 5. The van der Waals surface area contributed by atoms with Crippen LogP contribution in [0.2, 0.25) is 0 Å². The summed E-state index contributed by atoms with van der Waals surface area (Å²) >= 11 is 0. The fourth-order valence-corrected chi connectivity index (χ4v) is 5.91. The molecule has 2 atom stereocenters. The van der Waals surface area contributed by atoms with Crippen LogP contribution in [0.25, 0.3) is 0 Å². The summed E-state index contributed by atoms with van der Waals surface area (Å²) in [6, 6.07) is 1.52. The highest BCUT2D eigenvalue weighted by Crippen LogP contribution is 2.39. The van der Waals surface area contributed by atoms with Gasteiger partial charge in [-0.15, -0.1) is 4.36 Å². The van der Waals surface area contributed by atoms with Crippen LogP contribution in [0, 0.1) is 11.5 Å². The van der Waals surface area contributed by atoms with Crippen molar-refractivity contribution >= 4 is 21.6 Å². The Morgan fingerprint density at radius 3 is 2.67 bits per heavy atom. The molecule has 2 aliphatic carbocycles. The third-order valence-electron chi connectivity index (χ3n) is 5.90. The van der Waals surface area contributed by atoms with E-state index in [9.17, 15) is 9.00 Å². The summed E-state index contributed by atoms with van der Waals surface area (Å²) in [5.74, 6) is 0.272. The van der Waals surface area contributed by atoms with Gasteiger partial charge in [0.1, 0.15) is 6.10 Å². The first-order valence-electron chi connectivity index (χ1n) is 10.1. The van der Waals surface area contributed by atoms with Crippen LogP contribution >= 0.6 is 0 Å². The van der Waals surface area contributed by atoms with Crippen molar-refractivity contribution in [1.82, 2.24) is 14.5 Å². The standard InChI is InChI=1S/C20H22N6O3S/c1-12-10-26-19(29-12)17(9-22-26)30(28,23-11-21)25-20(27)24-18-15-6-2-4-13(15)8-14-5-3-7-16(14)18/h8-9,12H,2-7,10H2,1H3,(H2,23,24,25,27,28)/t12-,30+/m1/s1. The smallest absolute Gasteiger partial charge is 0.355 e. The van der Waals surface area contributed by atoms with Crippen LogP contribution < -0.4 is 14.8 Å². The predicted molar refractivity (Wildman–Crippen MR) is 109 cm³/mol. The molecule has 1 aliphatic heterocycles. The number of ether oxygens (including phenoxy) is 1. The maximum atomic E-state index is 13.5. The van der Waals surface area contributed by atoms with Crippen LogP contribution in [0.4, 0.5) is 10.5 Å². The number of nitrogens with one attached hydrogen (secondary N) is 2. The lowest BCUT2D eigenvalue weighted by atomic mass is 9.99. The zero-order chi connectivity index (χ0) is 20.9. The largest absolute Gasteiger partial charge is 0.472 e. The van der Waals surface area contributed by atoms with E-state index in [-0.39, 0.29) is 16.9 Å². The number of nitrogens with zero attached hydrogens (tertiary/aromatic N) is 4. The Balaban J connectivity index is 1.53. The lowest BCUT2D eigenvalue weighted by molar-refractivity contribution is 0.248. The van der Waals surface area contributed by atoms with E-state index in [2.05, 4.69) is 25.6 Å². The highest BCUT2D eigenvalue weighted by molar-refractivity contribution is 7.92. The Kier molecular flexibility index (Phi) is 4.43. The van der Waals surface area contributed by atoms with Crippen LogP contribution in [-0.2, 0) is 42.1 Å². The second kappa shape index (κ2) is 7.02. The molecule has 0 radical (unpaired) electrons. The summed E-state index contributed by atoms with van der Waals surface area (Å²) in [6.07, 6.45) is 8.81. The number of amides is 2. The van der Waals surface area contributed by atoms with Gasteiger partial charge in [-0.2, -0.15) is 10.4 Å². The topological polar surface area (TPSA) is 121 Å². The van der Waals surface area contributed by atoms with Crippen LogP contribution in [0.15, 0.2) is 21.5 Å². The van der Waals surface area contributed by atoms with Gasteiger partial charge in [0.15, 0.2) is 21.0 Å². The van der Waals surface area contributed by atoms with Crippen molar-refractivity contribution in [3.8, 4) is 12.1 Å². The van der Waals surface area contributed by atoms with Crippen LogP contribution in [-0.4, -0.2) is 26.1 Å². The molecule has 3 aliphatic rings. The van der Waals surface area contributed by atoms with Crippen LogP contribution in [0.5, 0.6) is 5.88 Å². The Labute approximate surface area is 174 Å². The number of anilines is 1. The molecule has 2 heterocycles. The number of rotatable bonds is 3. The SMILES string of the molecule is C[C@@H]1Cn2ncc([S@@](=O)(=NC(=O)Nc3c4c(cc5c3CCC5)CCC4)NC#N)c2O1. The number of aromatic nitrogens is 2. The van der Waals surface area contributed by atoms with Gasteiger partial charge in [0.05, 0.1) is 12.7 Å². The number of hydrogen-bond donors (Lipinski definition) is 2. The van der Waals surface area contributed by atoms with Crippen molar-refractivity contribution in [3.63, 3.8) is 0 Å². The van der Waals surface area contributed by atoms with Gasteiger partial charge < -0.3 is 10.1 Å². The first-order valence-corrected chi connectivity index (χ1v) is 11.6. The summed E-state index contributed by atoms with van der Waals surface area (Å²) in [5.41, 5.74) is 5.68. The highest BCUT2D eigenvalue weighted by Gasteiger charge is 2.31. The van der Waals surface area contributed by atoms with Gasteiger partial charge in [-0.1, -0.05) is 6.07 Å². The van der Waals surface area contributed by atoms with Crippen LogP contribution in [0.1, 0.15) is 42.0 Å². The molecular formula is C20H22N6O3S. The van der Waals surface area contributed by atoms with Crippen molar-refractivity contribution in [1.29, 1.82) is 5.26 Å². The molecule has 9 nitrogen and oxygen atoms in total. The maximum Gasteiger partial charge on any atom is 0.355 e. The Morgan fingerprint density at radius 1 is 1.30 bits per heavy atom. The highest BCUT2D eigenvalue weighted by atomic mass is 32.2. The number of carbonyl (C=O) groups excluding carboxylic acids is 1. The lowest BCUT2D eigenvalue weighted by Gasteiger charge is -2.15. The molecule has 2 N–H and O–H groups in total. The van der Waals surface area contributed by atoms with Gasteiger partial charge in [0.2, 0.25) is 5.88 Å². The molecule has 2 aromatic rings. The van der Waals surface area contributed by atoms with Crippen molar-refractivity contribution in [2.24, 2.45) is 4.36 Å². The van der Waals surface area contributed by atoms with E-state index < -0.39 is 15.9 Å². The summed E-state index contributed by atoms with van der Waals surface area (Å²) in [4.78, 5) is 13.0. The predicted octanol–water partition coefficient (Wildman–Crippen LogP) is 2.69. The molecule has 156 valence electrons. The third-order valence-corrected chi connectivity index (χ3v) is 7.57. The fraction of sp³-hybridized carbons (Fsp3) is 0.450. The first kappa shape index (κ1) is 18.9. The Morgan fingerprint density at radius 2 is 2.00 bits per heavy atom. The second-order valence-corrected chi connectivity index (χ2v) is 9.80. The molecule has 5 rings (SSSR count). The summed E-state index contributed by atoms with van der Waals surface area (Å²) in [7, 11) is -3.58. The van der Waals surface area contributed by atoms with Gasteiger partial charge in [-0.05, 0) is 67.7 Å². The molecule has 0 spiro atoms. The minimum Gasteiger partial charge on any atom is -0.472 e. The molecule has 0 bridgehead atoms. The minimum atomic E-state index is -3.58. The molecule has 0 saturated carbocycles. The van der Waals surface area contributed by atoms with Crippen molar-refractivity contribution in [2.75, 3.05) is 5.32 Å². The van der Waals surface area contributed by atoms with E-state index in [1.807, 2.05) is 6.92 Å². The summed E-state index contributed by atoms with van der Waals surface area (Å²) in [6.45, 7) is 2.37. The number of aryl methyl sites for hydroxylation is 2. The maximum absolute atomic E-state index is 13.5. The molecule has 30 heavy (non-hydrogen) atoms. The van der Waals surface area contributed by atoms with Crippen molar-refractivity contribution < 1.29 is 13.7 Å². The van der Waals surface area contributed by atoms with E-state index in [4.69, 9.17) is 10.00 Å². The number of urea groups is 1. The number of fused-ring (bicyclic) bond motifs is 3. The molecule has 0 unspecified atom stereocenters. The Hall–Kier alpha value is -3.06. The minimum absolute atomic E-state index is 0.104. The van der Waals surface area contributed by atoms with Gasteiger partial charge in [-0.25, -0.2) is 18.4 Å². The number of nitriles is 1. The molecule has 0 fully saturated rings. The number of benzene rings is 1. The van der Waals surface area contributed by atoms with Crippen molar-refractivity contribution in [2.45, 2.75) is 63.0 Å². The Bertz CT molecular complexity index is 1190. The van der Waals surface area contributed by atoms with E-state index in [1.54, 1.807) is 10.9 Å². The van der Waals surface area contributed by atoms with E-state index in [1.165, 1.54) is 17.3 Å². The van der Waals surface area contributed by atoms with E-state index in [0.29, 0.717) is 6.54 Å².